The second-order valence-corrected chi connectivity index (χ2v) is 5.45. The monoisotopic (exact) mass is 293 g/mol. The van der Waals surface area contributed by atoms with Gasteiger partial charge in [-0.05, 0) is 24.2 Å². The minimum absolute atomic E-state index is 0.0666. The van der Waals surface area contributed by atoms with Crippen LogP contribution in [0, 0.1) is 0 Å². The first-order valence-corrected chi connectivity index (χ1v) is 7.09. The lowest BCUT2D eigenvalue weighted by atomic mass is 10.2. The van der Waals surface area contributed by atoms with Gasteiger partial charge in [0, 0.05) is 37.2 Å². The molecule has 2 aromatic rings. The van der Waals surface area contributed by atoms with E-state index in [1.54, 1.807) is 19.0 Å². The number of halogens is 1. The van der Waals surface area contributed by atoms with Crippen LogP contribution in [0.5, 0.6) is 0 Å². The number of nitrogens with zero attached hydrogens (tertiary/aromatic N) is 2. The van der Waals surface area contributed by atoms with Crippen LogP contribution in [0.3, 0.4) is 0 Å². The summed E-state index contributed by atoms with van der Waals surface area (Å²) in [5.74, 6) is 0.0666. The molecule has 4 nitrogen and oxygen atoms in total. The number of aromatic nitrogens is 1. The van der Waals surface area contributed by atoms with E-state index in [1.807, 2.05) is 29.0 Å². The Morgan fingerprint density at radius 1 is 1.40 bits per heavy atom. The lowest BCUT2D eigenvalue weighted by Crippen LogP contribution is -2.25. The van der Waals surface area contributed by atoms with Crippen molar-refractivity contribution in [1.82, 2.24) is 14.8 Å². The summed E-state index contributed by atoms with van der Waals surface area (Å²) in [6, 6.07) is 5.81. The molecule has 2 rings (SSSR count). The second kappa shape index (κ2) is 6.29. The maximum atomic E-state index is 11.9. The molecule has 0 aliphatic carbocycles. The van der Waals surface area contributed by atoms with Crippen LogP contribution in [0.4, 0.5) is 0 Å². The molecule has 0 aliphatic heterocycles. The molecular weight excluding hydrogens is 274 g/mol. The summed E-state index contributed by atoms with van der Waals surface area (Å²) in [7, 11) is 3.53. The highest BCUT2D eigenvalue weighted by Gasteiger charge is 2.12. The highest BCUT2D eigenvalue weighted by Crippen LogP contribution is 2.25. The molecule has 0 saturated heterocycles. The van der Waals surface area contributed by atoms with E-state index in [9.17, 15) is 4.79 Å². The number of nitrogens with one attached hydrogen (secondary N) is 1. The molecule has 1 aromatic carbocycles. The number of carbonyl (C=O) groups excluding carboxylic acids is 1. The van der Waals surface area contributed by atoms with E-state index < -0.39 is 0 Å². The zero-order valence-corrected chi connectivity index (χ0v) is 12.9. The van der Waals surface area contributed by atoms with Crippen molar-refractivity contribution < 1.29 is 4.79 Å². The van der Waals surface area contributed by atoms with Gasteiger partial charge in [0.05, 0.1) is 5.52 Å². The van der Waals surface area contributed by atoms with Gasteiger partial charge in [-0.2, -0.15) is 0 Å². The Bertz CT molecular complexity index is 619. The van der Waals surface area contributed by atoms with Gasteiger partial charge < -0.3 is 14.8 Å². The van der Waals surface area contributed by atoms with Crippen LogP contribution in [0.25, 0.3) is 10.9 Å². The molecule has 1 N–H and O–H groups in total. The number of benzene rings is 1. The summed E-state index contributed by atoms with van der Waals surface area (Å²) >= 11 is 6.08. The maximum absolute atomic E-state index is 11.9. The van der Waals surface area contributed by atoms with Crippen molar-refractivity contribution in [3.05, 3.63) is 35.0 Å². The third-order valence-corrected chi connectivity index (χ3v) is 3.53. The molecule has 0 spiro atoms. The number of amides is 1. The first kappa shape index (κ1) is 14.9. The first-order valence-electron chi connectivity index (χ1n) is 6.71. The minimum Gasteiger partial charge on any atom is -0.347 e. The van der Waals surface area contributed by atoms with Crippen molar-refractivity contribution in [2.45, 2.75) is 20.0 Å². The highest BCUT2D eigenvalue weighted by molar-refractivity contribution is 6.31. The number of hydrogen-bond acceptors (Lipinski definition) is 2. The lowest BCUT2D eigenvalue weighted by molar-refractivity contribution is -0.129. The van der Waals surface area contributed by atoms with Gasteiger partial charge in [0.25, 0.3) is 0 Å². The van der Waals surface area contributed by atoms with Crippen LogP contribution in [0.1, 0.15) is 12.5 Å². The fraction of sp³-hybridized carbons (Fsp3) is 0.400. The topological polar surface area (TPSA) is 37.3 Å². The Balaban J connectivity index is 2.42. The Morgan fingerprint density at radius 2 is 2.15 bits per heavy atom. The summed E-state index contributed by atoms with van der Waals surface area (Å²) in [5.41, 5.74) is 2.19. The van der Waals surface area contributed by atoms with Gasteiger partial charge in [-0.25, -0.2) is 0 Å². The first-order chi connectivity index (χ1) is 9.52. The summed E-state index contributed by atoms with van der Waals surface area (Å²) in [4.78, 5) is 13.5. The van der Waals surface area contributed by atoms with Gasteiger partial charge >= 0.3 is 0 Å². The van der Waals surface area contributed by atoms with E-state index >= 15 is 0 Å². The summed E-state index contributed by atoms with van der Waals surface area (Å²) in [5, 5.41) is 5.14. The zero-order chi connectivity index (χ0) is 14.7. The van der Waals surface area contributed by atoms with Crippen molar-refractivity contribution in [3.63, 3.8) is 0 Å². The summed E-state index contributed by atoms with van der Waals surface area (Å²) < 4.78 is 1.97. The van der Waals surface area contributed by atoms with Gasteiger partial charge in [0.1, 0.15) is 6.54 Å². The van der Waals surface area contributed by atoms with Crippen molar-refractivity contribution >= 4 is 28.4 Å². The van der Waals surface area contributed by atoms with Crippen LogP contribution in [0.15, 0.2) is 24.4 Å². The van der Waals surface area contributed by atoms with Crippen LogP contribution >= 0.6 is 11.6 Å². The predicted molar refractivity (Wildman–Crippen MR) is 83.0 cm³/mol. The third kappa shape index (κ3) is 3.14. The molecule has 1 heterocycles. The van der Waals surface area contributed by atoms with E-state index in [0.717, 1.165) is 24.0 Å². The second-order valence-electron chi connectivity index (χ2n) is 5.01. The van der Waals surface area contributed by atoms with Gasteiger partial charge in [-0.15, -0.1) is 0 Å². The van der Waals surface area contributed by atoms with E-state index in [4.69, 9.17) is 11.6 Å². The molecule has 0 aliphatic rings. The van der Waals surface area contributed by atoms with Crippen molar-refractivity contribution in [2.24, 2.45) is 0 Å². The van der Waals surface area contributed by atoms with Gasteiger partial charge in [0.15, 0.2) is 0 Å². The highest BCUT2D eigenvalue weighted by atomic mass is 35.5. The Morgan fingerprint density at radius 3 is 2.80 bits per heavy atom. The van der Waals surface area contributed by atoms with E-state index in [0.29, 0.717) is 11.6 Å². The van der Waals surface area contributed by atoms with E-state index in [-0.39, 0.29) is 5.91 Å². The van der Waals surface area contributed by atoms with Crippen LogP contribution < -0.4 is 5.32 Å². The molecule has 108 valence electrons. The minimum atomic E-state index is 0.0666. The van der Waals surface area contributed by atoms with Gasteiger partial charge in [-0.1, -0.05) is 24.6 Å². The van der Waals surface area contributed by atoms with Gasteiger partial charge in [-0.3, -0.25) is 4.79 Å². The SMILES string of the molecule is CCNCc1cn(CC(=O)N(C)C)c2cc(Cl)ccc12. The fourth-order valence-corrected chi connectivity index (χ4v) is 2.33. The van der Waals surface area contributed by atoms with Crippen LogP contribution in [-0.4, -0.2) is 36.0 Å². The van der Waals surface area contributed by atoms with Crippen molar-refractivity contribution in [3.8, 4) is 0 Å². The normalized spacial score (nSPS) is 11.0. The quantitative estimate of drug-likeness (QED) is 0.920. The summed E-state index contributed by atoms with van der Waals surface area (Å²) in [6.07, 6.45) is 2.03. The standard InChI is InChI=1S/C15H20ClN3O/c1-4-17-8-11-9-19(10-15(20)18(2)3)14-7-12(16)5-6-13(11)14/h5-7,9,17H,4,8,10H2,1-3H3. The molecule has 1 amide bonds. The third-order valence-electron chi connectivity index (χ3n) is 3.30. The largest absolute Gasteiger partial charge is 0.347 e. The number of rotatable bonds is 5. The van der Waals surface area contributed by atoms with Crippen LogP contribution in [-0.2, 0) is 17.9 Å². The lowest BCUT2D eigenvalue weighted by Gasteiger charge is -2.11. The zero-order valence-electron chi connectivity index (χ0n) is 12.1. The molecule has 20 heavy (non-hydrogen) atoms. The molecule has 0 fully saturated rings. The number of fused-ring (bicyclic) bond motifs is 1. The Kier molecular flexibility index (Phi) is 4.68. The maximum Gasteiger partial charge on any atom is 0.241 e. The number of likely N-dealkylation sites (N-methyl/N-ethyl adjacent to an activating group) is 1. The number of hydrogen-bond donors (Lipinski definition) is 1. The van der Waals surface area contributed by atoms with Gasteiger partial charge in [0.2, 0.25) is 5.91 Å². The molecule has 5 heteroatoms. The molecule has 0 unspecified atom stereocenters. The summed E-state index contributed by atoms with van der Waals surface area (Å²) in [6.45, 7) is 4.11. The molecular formula is C15H20ClN3O. The molecule has 0 bridgehead atoms. The number of carbonyl (C=O) groups is 1. The average molecular weight is 294 g/mol. The Hall–Kier alpha value is -1.52. The molecule has 0 saturated carbocycles. The van der Waals surface area contributed by atoms with Crippen LogP contribution in [0.2, 0.25) is 5.02 Å². The fourth-order valence-electron chi connectivity index (χ4n) is 2.16. The van der Waals surface area contributed by atoms with E-state index in [1.165, 1.54) is 5.56 Å². The Labute approximate surface area is 124 Å². The predicted octanol–water partition coefficient (Wildman–Crippen LogP) is 2.49. The van der Waals surface area contributed by atoms with Crippen molar-refractivity contribution in [1.29, 1.82) is 0 Å². The average Bonchev–Trinajstić information content (AvgIpc) is 2.73. The molecule has 0 atom stereocenters. The van der Waals surface area contributed by atoms with Crippen molar-refractivity contribution in [2.75, 3.05) is 20.6 Å². The molecule has 0 radical (unpaired) electrons. The van der Waals surface area contributed by atoms with E-state index in [2.05, 4.69) is 12.2 Å². The smallest absolute Gasteiger partial charge is 0.241 e. The molecule has 1 aromatic heterocycles.